The fraction of sp³-hybridized carbons (Fsp3) is 0.147. The Labute approximate surface area is 216 Å². The van der Waals surface area contributed by atoms with Crippen LogP contribution < -0.4 is 4.57 Å². The van der Waals surface area contributed by atoms with Crippen LogP contribution in [0.2, 0.25) is 0 Å². The van der Waals surface area contributed by atoms with Crippen molar-refractivity contribution in [3.05, 3.63) is 126 Å². The van der Waals surface area contributed by atoms with Gasteiger partial charge in [-0.2, -0.15) is 0 Å². The molecule has 0 radical (unpaired) electrons. The third-order valence-corrected chi connectivity index (χ3v) is 7.64. The van der Waals surface area contributed by atoms with Crippen LogP contribution in [0.1, 0.15) is 30.5 Å². The molecule has 0 aliphatic rings. The van der Waals surface area contributed by atoms with Gasteiger partial charge in [0.25, 0.3) is 0 Å². The number of aromatic nitrogens is 1. The molecule has 0 atom stereocenters. The minimum Gasteiger partial charge on any atom is -0.454 e. The van der Waals surface area contributed by atoms with Gasteiger partial charge in [-0.3, -0.25) is 0 Å². The zero-order chi connectivity index (χ0) is 25.7. The van der Waals surface area contributed by atoms with Crippen LogP contribution in [0, 0.1) is 12.7 Å². The molecule has 0 saturated carbocycles. The number of furan rings is 1. The maximum atomic E-state index is 15.8. The van der Waals surface area contributed by atoms with Crippen LogP contribution in [0.15, 0.2) is 108 Å². The van der Waals surface area contributed by atoms with Gasteiger partial charge in [0.15, 0.2) is 6.20 Å². The van der Waals surface area contributed by atoms with Crippen LogP contribution in [0.5, 0.6) is 0 Å². The monoisotopic (exact) mass is 486 g/mol. The molecule has 2 nitrogen and oxygen atoms in total. The third-order valence-electron chi connectivity index (χ3n) is 7.64. The molecule has 3 heteroatoms. The summed E-state index contributed by atoms with van der Waals surface area (Å²) in [5, 5.41) is 1.90. The van der Waals surface area contributed by atoms with Crippen molar-refractivity contribution in [2.45, 2.75) is 26.2 Å². The number of aryl methyl sites for hydroxylation is 2. The number of halogens is 1. The zero-order valence-electron chi connectivity index (χ0n) is 21.5. The van der Waals surface area contributed by atoms with Crippen LogP contribution in [0.3, 0.4) is 0 Å². The lowest BCUT2D eigenvalue weighted by Gasteiger charge is -2.29. The minimum atomic E-state index is -0.335. The van der Waals surface area contributed by atoms with E-state index in [0.29, 0.717) is 11.1 Å². The van der Waals surface area contributed by atoms with Gasteiger partial charge in [-0.15, -0.1) is 0 Å². The molecule has 0 N–H and O–H groups in total. The number of benzene rings is 4. The van der Waals surface area contributed by atoms with Crippen LogP contribution in [-0.4, -0.2) is 0 Å². The first-order chi connectivity index (χ1) is 17.9. The van der Waals surface area contributed by atoms with Gasteiger partial charge < -0.3 is 4.42 Å². The van der Waals surface area contributed by atoms with Crippen molar-refractivity contribution >= 4 is 21.9 Å². The summed E-state index contributed by atoms with van der Waals surface area (Å²) >= 11 is 0. The van der Waals surface area contributed by atoms with Crippen LogP contribution in [0.4, 0.5) is 4.39 Å². The fourth-order valence-electron chi connectivity index (χ4n) is 5.59. The Balaban J connectivity index is 1.67. The van der Waals surface area contributed by atoms with E-state index in [1.807, 2.05) is 67.8 Å². The topological polar surface area (TPSA) is 17.0 Å². The first-order valence-electron chi connectivity index (χ1n) is 12.6. The second-order valence-corrected chi connectivity index (χ2v) is 10.3. The highest BCUT2D eigenvalue weighted by molar-refractivity contribution is 6.13. The number of nitrogens with zero attached hydrogens (tertiary/aromatic N) is 1. The Morgan fingerprint density at radius 3 is 2.11 bits per heavy atom. The molecule has 2 heterocycles. The van der Waals surface area contributed by atoms with Crippen molar-refractivity contribution in [2.24, 2.45) is 7.05 Å². The van der Waals surface area contributed by atoms with E-state index in [4.69, 9.17) is 4.42 Å². The van der Waals surface area contributed by atoms with Crippen LogP contribution in [0.25, 0.3) is 44.3 Å². The van der Waals surface area contributed by atoms with Crippen molar-refractivity contribution in [3.8, 4) is 22.4 Å². The van der Waals surface area contributed by atoms with Gasteiger partial charge in [0.1, 0.15) is 24.0 Å². The Morgan fingerprint density at radius 2 is 1.35 bits per heavy atom. The quantitative estimate of drug-likeness (QED) is 0.228. The Hall–Kier alpha value is -4.24. The first kappa shape index (κ1) is 23.2. The van der Waals surface area contributed by atoms with Gasteiger partial charge >= 0.3 is 0 Å². The molecule has 4 aromatic carbocycles. The van der Waals surface area contributed by atoms with Crippen molar-refractivity contribution in [2.75, 3.05) is 0 Å². The maximum Gasteiger partial charge on any atom is 0.216 e. The van der Waals surface area contributed by atoms with E-state index < -0.39 is 0 Å². The number of rotatable bonds is 4. The second kappa shape index (κ2) is 8.70. The molecule has 2 aromatic heterocycles. The molecule has 0 saturated heterocycles. The van der Waals surface area contributed by atoms with Gasteiger partial charge in [-0.1, -0.05) is 80.6 Å². The summed E-state index contributed by atoms with van der Waals surface area (Å²) in [6.45, 7) is 6.47. The summed E-state index contributed by atoms with van der Waals surface area (Å²) in [6, 6.07) is 32.2. The number of pyridine rings is 1. The smallest absolute Gasteiger partial charge is 0.216 e. The van der Waals surface area contributed by atoms with E-state index in [-0.39, 0.29) is 11.2 Å². The second-order valence-electron chi connectivity index (χ2n) is 10.3. The van der Waals surface area contributed by atoms with Gasteiger partial charge in [-0.25, -0.2) is 8.96 Å². The summed E-state index contributed by atoms with van der Waals surface area (Å²) in [7, 11) is 2.03. The van der Waals surface area contributed by atoms with E-state index in [9.17, 15) is 0 Å². The van der Waals surface area contributed by atoms with Crippen molar-refractivity contribution < 1.29 is 13.4 Å². The molecule has 0 aliphatic heterocycles. The number of hydrogen-bond donors (Lipinski definition) is 0. The third kappa shape index (κ3) is 3.65. The van der Waals surface area contributed by atoms with Gasteiger partial charge in [-0.05, 0) is 47.4 Å². The van der Waals surface area contributed by atoms with E-state index in [0.717, 1.165) is 44.3 Å². The van der Waals surface area contributed by atoms with Gasteiger partial charge in [0.05, 0.1) is 11.1 Å². The molecule has 0 bridgehead atoms. The van der Waals surface area contributed by atoms with Gasteiger partial charge in [0.2, 0.25) is 5.69 Å². The first-order valence-corrected chi connectivity index (χ1v) is 12.6. The highest BCUT2D eigenvalue weighted by atomic mass is 19.1. The molecule has 0 aliphatic carbocycles. The predicted molar refractivity (Wildman–Crippen MR) is 149 cm³/mol. The molecule has 6 rings (SSSR count). The fourth-order valence-corrected chi connectivity index (χ4v) is 5.59. The van der Waals surface area contributed by atoms with Crippen LogP contribution >= 0.6 is 0 Å². The lowest BCUT2D eigenvalue weighted by atomic mass is 9.75. The summed E-state index contributed by atoms with van der Waals surface area (Å²) in [4.78, 5) is 0. The summed E-state index contributed by atoms with van der Waals surface area (Å²) in [5.74, 6) is -0.286. The molecule has 0 amide bonds. The SMILES string of the molecule is Cc1ccc2c(oc3c(-c4ccccc4C(C)(C)c4ccccc4)c(F)ccc32)c1-c1cccc[n+]1C. The summed E-state index contributed by atoms with van der Waals surface area (Å²) in [6.07, 6.45) is 2.03. The summed E-state index contributed by atoms with van der Waals surface area (Å²) in [5.41, 5.74) is 7.81. The van der Waals surface area contributed by atoms with Crippen molar-refractivity contribution in [1.82, 2.24) is 0 Å². The number of fused-ring (bicyclic) bond motifs is 3. The average Bonchev–Trinajstić information content (AvgIpc) is 3.28. The highest BCUT2D eigenvalue weighted by Crippen LogP contribution is 2.45. The molecular formula is C34H29FNO+. The normalized spacial score (nSPS) is 11.9. The number of hydrogen-bond acceptors (Lipinski definition) is 1. The maximum absolute atomic E-state index is 15.8. The molecule has 182 valence electrons. The molecule has 6 aromatic rings. The predicted octanol–water partition coefficient (Wildman–Crippen LogP) is 8.52. The van der Waals surface area contributed by atoms with Crippen molar-refractivity contribution in [1.29, 1.82) is 0 Å². The lowest BCUT2D eigenvalue weighted by Crippen LogP contribution is -2.30. The minimum absolute atomic E-state index is 0.286. The standard InChI is InChI=1S/C34H29FNO/c1-22-17-18-24-25-19-20-28(35)31(33(25)37-32(24)30(22)29-16-10-11-21-36(29)4)26-14-8-9-15-27(26)34(2,3)23-12-6-5-7-13-23/h5-21H,1-4H3/q+1. The zero-order valence-corrected chi connectivity index (χ0v) is 21.5. The average molecular weight is 487 g/mol. The largest absolute Gasteiger partial charge is 0.454 e. The van der Waals surface area contributed by atoms with Crippen molar-refractivity contribution in [3.63, 3.8) is 0 Å². The van der Waals surface area contributed by atoms with E-state index in [1.54, 1.807) is 6.07 Å². The summed E-state index contributed by atoms with van der Waals surface area (Å²) < 4.78 is 24.6. The molecular weight excluding hydrogens is 457 g/mol. The molecule has 37 heavy (non-hydrogen) atoms. The molecule has 0 unspecified atom stereocenters. The molecule has 0 fully saturated rings. The van der Waals surface area contributed by atoms with Crippen LogP contribution in [-0.2, 0) is 12.5 Å². The lowest BCUT2D eigenvalue weighted by molar-refractivity contribution is -0.660. The molecule has 0 spiro atoms. The van der Waals surface area contributed by atoms with E-state index in [2.05, 4.69) is 61.7 Å². The Morgan fingerprint density at radius 1 is 0.703 bits per heavy atom. The van der Waals surface area contributed by atoms with Gasteiger partial charge in [0, 0.05) is 28.3 Å². The Bertz CT molecular complexity index is 1780. The Kier molecular flexibility index (Phi) is 5.45. The van der Waals surface area contributed by atoms with E-state index in [1.165, 1.54) is 5.56 Å². The van der Waals surface area contributed by atoms with E-state index >= 15 is 4.39 Å². The highest BCUT2D eigenvalue weighted by Gasteiger charge is 2.29.